The van der Waals surface area contributed by atoms with Crippen LogP contribution in [0.2, 0.25) is 0 Å². The van der Waals surface area contributed by atoms with Gasteiger partial charge in [0.05, 0.1) is 7.11 Å². The van der Waals surface area contributed by atoms with Gasteiger partial charge in [0.1, 0.15) is 5.75 Å². The van der Waals surface area contributed by atoms with Gasteiger partial charge in [-0.1, -0.05) is 39.0 Å². The van der Waals surface area contributed by atoms with Gasteiger partial charge in [-0.15, -0.1) is 0 Å². The number of piperidine rings is 2. The number of likely N-dealkylation sites (tertiary alicyclic amines) is 2. The van der Waals surface area contributed by atoms with Gasteiger partial charge < -0.3 is 14.5 Å². The molecule has 0 amide bonds. The maximum atomic E-state index is 5.58. The van der Waals surface area contributed by atoms with Crippen molar-refractivity contribution in [2.75, 3.05) is 46.4 Å². The first-order valence-electron chi connectivity index (χ1n) is 12.0. The summed E-state index contributed by atoms with van der Waals surface area (Å²) >= 11 is 0. The van der Waals surface area contributed by atoms with Crippen molar-refractivity contribution in [1.29, 1.82) is 0 Å². The zero-order chi connectivity index (χ0) is 20.5. The van der Waals surface area contributed by atoms with Crippen LogP contribution in [0.3, 0.4) is 0 Å². The maximum Gasteiger partial charge on any atom is 0.122 e. The van der Waals surface area contributed by atoms with Crippen molar-refractivity contribution < 1.29 is 4.74 Å². The molecule has 3 heteroatoms. The second kappa shape index (κ2) is 8.59. The van der Waals surface area contributed by atoms with Crippen molar-refractivity contribution >= 4 is 0 Å². The number of nitrogens with zero attached hydrogens (tertiary/aromatic N) is 2. The predicted molar refractivity (Wildman–Crippen MR) is 122 cm³/mol. The van der Waals surface area contributed by atoms with E-state index in [1.165, 1.54) is 83.4 Å². The summed E-state index contributed by atoms with van der Waals surface area (Å²) in [6.45, 7) is 15.3. The molecule has 3 aliphatic rings. The van der Waals surface area contributed by atoms with E-state index < -0.39 is 0 Å². The van der Waals surface area contributed by atoms with Crippen molar-refractivity contribution in [3.63, 3.8) is 0 Å². The SMILES string of the molecule is COc1ccccc1C1CCN(CCCCN2CC3CCC(C)(C2)C3(C)C)CC1. The number of methoxy groups -OCH3 is 1. The Morgan fingerprint density at radius 3 is 2.34 bits per heavy atom. The molecule has 2 unspecified atom stereocenters. The molecular formula is C26H42N2O. The fourth-order valence-corrected chi connectivity index (χ4v) is 6.45. The Kier molecular flexibility index (Phi) is 6.27. The normalized spacial score (nSPS) is 30.6. The molecule has 2 heterocycles. The van der Waals surface area contributed by atoms with E-state index in [-0.39, 0.29) is 0 Å². The number of rotatable bonds is 7. The lowest BCUT2D eigenvalue weighted by molar-refractivity contribution is -0.0181. The van der Waals surface area contributed by atoms with E-state index in [4.69, 9.17) is 4.74 Å². The fourth-order valence-electron chi connectivity index (χ4n) is 6.45. The van der Waals surface area contributed by atoms with Crippen molar-refractivity contribution in [1.82, 2.24) is 9.80 Å². The van der Waals surface area contributed by atoms with Gasteiger partial charge >= 0.3 is 0 Å². The molecule has 4 rings (SSSR count). The number of benzene rings is 1. The summed E-state index contributed by atoms with van der Waals surface area (Å²) in [7, 11) is 1.79. The van der Waals surface area contributed by atoms with Gasteiger partial charge in [-0.3, -0.25) is 0 Å². The van der Waals surface area contributed by atoms with Crippen LogP contribution in [0.4, 0.5) is 0 Å². The number of hydrogen-bond donors (Lipinski definition) is 0. The zero-order valence-electron chi connectivity index (χ0n) is 19.3. The third-order valence-corrected chi connectivity index (χ3v) is 9.04. The number of unbranched alkanes of at least 4 members (excludes halogenated alkanes) is 1. The Balaban J connectivity index is 1.17. The zero-order valence-corrected chi connectivity index (χ0v) is 19.3. The molecule has 1 aliphatic carbocycles. The molecule has 0 radical (unpaired) electrons. The molecule has 3 fully saturated rings. The molecule has 29 heavy (non-hydrogen) atoms. The summed E-state index contributed by atoms with van der Waals surface area (Å²) in [5.41, 5.74) is 2.48. The van der Waals surface area contributed by atoms with Crippen LogP contribution in [0.5, 0.6) is 5.75 Å². The number of fused-ring (bicyclic) bond motifs is 2. The first kappa shape index (κ1) is 21.2. The van der Waals surface area contributed by atoms with E-state index in [1.807, 2.05) is 0 Å². The summed E-state index contributed by atoms with van der Waals surface area (Å²) in [4.78, 5) is 5.48. The second-order valence-corrected chi connectivity index (χ2v) is 10.8. The molecule has 0 aromatic heterocycles. The minimum Gasteiger partial charge on any atom is -0.496 e. The minimum atomic E-state index is 0.537. The Labute approximate surface area is 178 Å². The van der Waals surface area contributed by atoms with Crippen LogP contribution in [0.25, 0.3) is 0 Å². The van der Waals surface area contributed by atoms with Crippen LogP contribution in [-0.4, -0.2) is 56.2 Å². The van der Waals surface area contributed by atoms with Gasteiger partial charge in [0.25, 0.3) is 0 Å². The van der Waals surface area contributed by atoms with Gasteiger partial charge in [-0.05, 0) is 99.0 Å². The Hall–Kier alpha value is -1.06. The first-order valence-corrected chi connectivity index (χ1v) is 12.0. The smallest absolute Gasteiger partial charge is 0.122 e. The quantitative estimate of drug-likeness (QED) is 0.571. The molecule has 2 aliphatic heterocycles. The third-order valence-electron chi connectivity index (χ3n) is 9.04. The minimum absolute atomic E-state index is 0.537. The lowest BCUT2D eigenvalue weighted by atomic mass is 9.63. The Morgan fingerprint density at radius 1 is 0.966 bits per heavy atom. The Morgan fingerprint density at radius 2 is 1.66 bits per heavy atom. The first-order chi connectivity index (χ1) is 13.9. The van der Waals surface area contributed by atoms with E-state index in [0.29, 0.717) is 16.7 Å². The van der Waals surface area contributed by atoms with Crippen molar-refractivity contribution in [2.24, 2.45) is 16.7 Å². The van der Waals surface area contributed by atoms with Crippen molar-refractivity contribution in [3.05, 3.63) is 29.8 Å². The maximum absolute atomic E-state index is 5.58. The number of ether oxygens (including phenoxy) is 1. The van der Waals surface area contributed by atoms with E-state index in [2.05, 4.69) is 54.8 Å². The van der Waals surface area contributed by atoms with Crippen LogP contribution in [0.1, 0.15) is 70.8 Å². The van der Waals surface area contributed by atoms with E-state index >= 15 is 0 Å². The van der Waals surface area contributed by atoms with Gasteiger partial charge in [-0.25, -0.2) is 0 Å². The molecule has 2 bridgehead atoms. The lowest BCUT2D eigenvalue weighted by Crippen LogP contribution is -2.52. The van der Waals surface area contributed by atoms with Gasteiger partial charge in [0.2, 0.25) is 0 Å². The van der Waals surface area contributed by atoms with Gasteiger partial charge in [-0.2, -0.15) is 0 Å². The standard InChI is InChI=1S/C26H42N2O/c1-25(2)22-11-14-26(25,3)20-28(19-22)16-8-7-15-27-17-12-21(13-18-27)23-9-5-6-10-24(23)29-4/h5-6,9-10,21-22H,7-8,11-20H2,1-4H3. The largest absolute Gasteiger partial charge is 0.496 e. The summed E-state index contributed by atoms with van der Waals surface area (Å²) in [6.07, 6.45) is 8.11. The average Bonchev–Trinajstić information content (AvgIpc) is 2.86. The number of hydrogen-bond acceptors (Lipinski definition) is 3. The summed E-state index contributed by atoms with van der Waals surface area (Å²) < 4.78 is 5.58. The average molecular weight is 399 g/mol. The topological polar surface area (TPSA) is 15.7 Å². The van der Waals surface area contributed by atoms with E-state index in [0.717, 1.165) is 11.7 Å². The highest BCUT2D eigenvalue weighted by Gasteiger charge is 2.55. The molecule has 1 aromatic rings. The molecule has 2 atom stereocenters. The summed E-state index contributed by atoms with van der Waals surface area (Å²) in [5, 5.41) is 0. The molecule has 1 aromatic carbocycles. The second-order valence-electron chi connectivity index (χ2n) is 10.8. The third kappa shape index (κ3) is 4.23. The van der Waals surface area contributed by atoms with Crippen LogP contribution in [0.15, 0.2) is 24.3 Å². The van der Waals surface area contributed by atoms with Crippen LogP contribution in [0, 0.1) is 16.7 Å². The van der Waals surface area contributed by atoms with Crippen LogP contribution < -0.4 is 4.74 Å². The highest BCUT2D eigenvalue weighted by Crippen LogP contribution is 2.58. The monoisotopic (exact) mass is 398 g/mol. The molecule has 162 valence electrons. The summed E-state index contributed by atoms with van der Waals surface area (Å²) in [6, 6.07) is 8.59. The van der Waals surface area contributed by atoms with E-state index in [1.54, 1.807) is 7.11 Å². The molecule has 0 spiro atoms. The highest BCUT2D eigenvalue weighted by atomic mass is 16.5. The molecular weight excluding hydrogens is 356 g/mol. The Bertz CT molecular complexity index is 679. The number of para-hydroxylation sites is 1. The fraction of sp³-hybridized carbons (Fsp3) is 0.769. The molecule has 3 nitrogen and oxygen atoms in total. The van der Waals surface area contributed by atoms with Crippen molar-refractivity contribution in [2.45, 2.75) is 65.2 Å². The van der Waals surface area contributed by atoms with Crippen LogP contribution in [-0.2, 0) is 0 Å². The molecule has 1 saturated carbocycles. The van der Waals surface area contributed by atoms with E-state index in [9.17, 15) is 0 Å². The van der Waals surface area contributed by atoms with Crippen molar-refractivity contribution in [3.8, 4) is 5.75 Å². The molecule has 2 saturated heterocycles. The highest BCUT2D eigenvalue weighted by molar-refractivity contribution is 5.36. The van der Waals surface area contributed by atoms with Crippen LogP contribution >= 0.6 is 0 Å². The van der Waals surface area contributed by atoms with Gasteiger partial charge in [0, 0.05) is 13.1 Å². The summed E-state index contributed by atoms with van der Waals surface area (Å²) in [5.74, 6) is 2.64. The lowest BCUT2D eigenvalue weighted by Gasteiger charge is -2.50. The molecule has 0 N–H and O–H groups in total. The predicted octanol–water partition coefficient (Wildman–Crippen LogP) is 5.41. The van der Waals surface area contributed by atoms with Gasteiger partial charge in [0.15, 0.2) is 0 Å².